The highest BCUT2D eigenvalue weighted by molar-refractivity contribution is 6.09. The lowest BCUT2D eigenvalue weighted by molar-refractivity contribution is 0.104. The molecule has 1 heterocycles. The smallest absolute Gasteiger partial charge is 0.189 e. The first-order valence-electron chi connectivity index (χ1n) is 10.6. The van der Waals surface area contributed by atoms with Crippen molar-refractivity contribution in [3.63, 3.8) is 0 Å². The van der Waals surface area contributed by atoms with Crippen LogP contribution in [0.5, 0.6) is 11.5 Å². The first-order valence-corrected chi connectivity index (χ1v) is 10.6. The van der Waals surface area contributed by atoms with Gasteiger partial charge in [-0.05, 0) is 81.7 Å². The summed E-state index contributed by atoms with van der Waals surface area (Å²) in [7, 11) is 3.97. The Bertz CT molecular complexity index is 1040. The molecule has 1 aliphatic heterocycles. The normalized spacial score (nSPS) is 17.2. The number of allylic oxidation sites excluding steroid dienone is 3. The number of fused-ring (bicyclic) bond motifs is 1. The zero-order chi connectivity index (χ0) is 22.6. The van der Waals surface area contributed by atoms with E-state index < -0.39 is 5.60 Å². The Hall–Kier alpha value is -3.27. The molecule has 0 fully saturated rings. The van der Waals surface area contributed by atoms with Gasteiger partial charge in [0.25, 0.3) is 0 Å². The Morgan fingerprint density at radius 2 is 1.84 bits per heavy atom. The molecule has 0 radical (unpaired) electrons. The largest absolute Gasteiger partial charge is 0.506 e. The van der Waals surface area contributed by atoms with Crippen molar-refractivity contribution in [2.45, 2.75) is 39.2 Å². The number of carbonyl (C=O) groups excluding carboxylic acids is 1. The molecule has 0 spiro atoms. The van der Waals surface area contributed by atoms with E-state index in [1.54, 1.807) is 18.2 Å². The zero-order valence-electron chi connectivity index (χ0n) is 19.0. The summed E-state index contributed by atoms with van der Waals surface area (Å²) < 4.78 is 6.17. The van der Waals surface area contributed by atoms with Crippen LogP contribution in [-0.4, -0.2) is 30.6 Å². The Kier molecular flexibility index (Phi) is 6.69. The van der Waals surface area contributed by atoms with E-state index in [0.717, 1.165) is 24.1 Å². The lowest BCUT2D eigenvalue weighted by Crippen LogP contribution is -2.31. The maximum atomic E-state index is 12.7. The van der Waals surface area contributed by atoms with Crippen molar-refractivity contribution in [2.75, 3.05) is 19.0 Å². The fourth-order valence-electron chi connectivity index (χ4n) is 3.51. The summed E-state index contributed by atoms with van der Waals surface area (Å²) in [6.45, 7) is 6.20. The first-order chi connectivity index (χ1) is 14.7. The van der Waals surface area contributed by atoms with Gasteiger partial charge in [-0.15, -0.1) is 0 Å². The molecule has 0 saturated carbocycles. The minimum Gasteiger partial charge on any atom is -0.506 e. The monoisotopic (exact) mass is 417 g/mol. The first kappa shape index (κ1) is 22.4. The van der Waals surface area contributed by atoms with E-state index in [0.29, 0.717) is 11.3 Å². The molecule has 4 nitrogen and oxygen atoms in total. The molecule has 1 atom stereocenters. The van der Waals surface area contributed by atoms with Crippen LogP contribution in [0.1, 0.15) is 55.1 Å². The molecule has 0 aromatic heterocycles. The molecule has 162 valence electrons. The molecule has 4 heteroatoms. The van der Waals surface area contributed by atoms with Gasteiger partial charge in [0, 0.05) is 19.8 Å². The predicted octanol–water partition coefficient (Wildman–Crippen LogP) is 6.27. The molecule has 1 aliphatic rings. The number of carbonyl (C=O) groups is 1. The second-order valence-electron chi connectivity index (χ2n) is 8.63. The standard InChI is InChI=1S/C27H31NO3/c1-19(2)7-6-17-27(3)18-16-23-25(31-27)15-13-22(26(23)30)24(29)14-10-20-8-11-21(12-9-20)28(4)5/h7-16,18,30H,6,17H2,1-5H3/b14-10+. The average molecular weight is 418 g/mol. The van der Waals surface area contributed by atoms with Crippen molar-refractivity contribution in [3.05, 3.63) is 76.9 Å². The van der Waals surface area contributed by atoms with E-state index >= 15 is 0 Å². The van der Waals surface area contributed by atoms with Crippen LogP contribution in [0.2, 0.25) is 0 Å². The SMILES string of the molecule is CC(C)=CCCC1(C)C=Cc2c(ccc(C(=O)/C=C/c3ccc(N(C)C)cc3)c2O)O1. The summed E-state index contributed by atoms with van der Waals surface area (Å²) in [5.74, 6) is 0.305. The Morgan fingerprint density at radius 3 is 2.48 bits per heavy atom. The summed E-state index contributed by atoms with van der Waals surface area (Å²) in [5.41, 5.74) is 3.68. The molecule has 2 aromatic carbocycles. The predicted molar refractivity (Wildman–Crippen MR) is 129 cm³/mol. The van der Waals surface area contributed by atoms with Crippen molar-refractivity contribution in [1.82, 2.24) is 0 Å². The second kappa shape index (κ2) is 9.25. The number of rotatable bonds is 7. The highest BCUT2D eigenvalue weighted by Crippen LogP contribution is 2.40. The number of ether oxygens (including phenoxy) is 1. The van der Waals surface area contributed by atoms with Gasteiger partial charge in [0.2, 0.25) is 0 Å². The molecule has 3 rings (SSSR count). The topological polar surface area (TPSA) is 49.8 Å². The van der Waals surface area contributed by atoms with Crippen molar-refractivity contribution in [1.29, 1.82) is 0 Å². The summed E-state index contributed by atoms with van der Waals surface area (Å²) in [6, 6.07) is 11.3. The van der Waals surface area contributed by atoms with Gasteiger partial charge in [0.1, 0.15) is 17.1 Å². The maximum Gasteiger partial charge on any atom is 0.189 e. The number of phenols is 1. The minimum atomic E-state index is -0.435. The maximum absolute atomic E-state index is 12.7. The van der Waals surface area contributed by atoms with Crippen LogP contribution in [0, 0.1) is 0 Å². The molecule has 0 aliphatic carbocycles. The molecule has 0 amide bonds. The van der Waals surface area contributed by atoms with Crippen molar-refractivity contribution in [3.8, 4) is 11.5 Å². The highest BCUT2D eigenvalue weighted by atomic mass is 16.5. The van der Waals surface area contributed by atoms with Crippen LogP contribution in [0.4, 0.5) is 5.69 Å². The van der Waals surface area contributed by atoms with Gasteiger partial charge in [0.05, 0.1) is 11.1 Å². The number of benzene rings is 2. The minimum absolute atomic E-state index is 0.0438. The molecule has 2 aromatic rings. The van der Waals surface area contributed by atoms with E-state index in [1.165, 1.54) is 11.6 Å². The van der Waals surface area contributed by atoms with Crippen LogP contribution in [0.25, 0.3) is 12.2 Å². The Labute approximate surface area is 185 Å². The van der Waals surface area contributed by atoms with Crippen molar-refractivity contribution < 1.29 is 14.6 Å². The number of phenolic OH excluding ortho intramolecular Hbond substituents is 1. The molecular weight excluding hydrogens is 386 g/mol. The van der Waals surface area contributed by atoms with Gasteiger partial charge in [-0.25, -0.2) is 0 Å². The van der Waals surface area contributed by atoms with E-state index in [9.17, 15) is 9.90 Å². The number of aromatic hydroxyl groups is 1. The Morgan fingerprint density at radius 1 is 1.13 bits per heavy atom. The number of ketones is 1. The van der Waals surface area contributed by atoms with Crippen LogP contribution in [0.15, 0.2) is 60.2 Å². The van der Waals surface area contributed by atoms with Gasteiger partial charge < -0.3 is 14.7 Å². The summed E-state index contributed by atoms with van der Waals surface area (Å²) in [6.07, 6.45) is 11.0. The van der Waals surface area contributed by atoms with E-state index in [1.807, 2.05) is 62.3 Å². The molecule has 0 bridgehead atoms. The number of hydrogen-bond acceptors (Lipinski definition) is 4. The average Bonchev–Trinajstić information content (AvgIpc) is 2.72. The fourth-order valence-corrected chi connectivity index (χ4v) is 3.51. The van der Waals surface area contributed by atoms with Crippen molar-refractivity contribution >= 4 is 23.6 Å². The van der Waals surface area contributed by atoms with E-state index in [2.05, 4.69) is 19.9 Å². The van der Waals surface area contributed by atoms with Gasteiger partial charge in [-0.1, -0.05) is 29.9 Å². The summed E-state index contributed by atoms with van der Waals surface area (Å²) in [4.78, 5) is 14.7. The second-order valence-corrected chi connectivity index (χ2v) is 8.63. The van der Waals surface area contributed by atoms with Crippen molar-refractivity contribution in [2.24, 2.45) is 0 Å². The van der Waals surface area contributed by atoms with Gasteiger partial charge in [-0.3, -0.25) is 4.79 Å². The molecule has 1 unspecified atom stereocenters. The number of hydrogen-bond donors (Lipinski definition) is 1. The van der Waals surface area contributed by atoms with Gasteiger partial charge >= 0.3 is 0 Å². The Balaban J connectivity index is 1.75. The third kappa shape index (κ3) is 5.46. The quantitative estimate of drug-likeness (QED) is 0.328. The molecule has 0 saturated heterocycles. The van der Waals surface area contributed by atoms with E-state index in [4.69, 9.17) is 4.74 Å². The summed E-state index contributed by atoms with van der Waals surface area (Å²) >= 11 is 0. The lowest BCUT2D eigenvalue weighted by atomic mass is 9.93. The number of anilines is 1. The van der Waals surface area contributed by atoms with Crippen LogP contribution in [-0.2, 0) is 0 Å². The van der Waals surface area contributed by atoms with Gasteiger partial charge in [0.15, 0.2) is 5.78 Å². The molecular formula is C27H31NO3. The summed E-state index contributed by atoms with van der Waals surface area (Å²) in [5, 5.41) is 10.7. The molecule has 31 heavy (non-hydrogen) atoms. The number of nitrogens with zero attached hydrogens (tertiary/aromatic N) is 1. The third-order valence-electron chi connectivity index (χ3n) is 5.42. The van der Waals surface area contributed by atoms with Crippen LogP contribution >= 0.6 is 0 Å². The zero-order valence-corrected chi connectivity index (χ0v) is 19.0. The van der Waals surface area contributed by atoms with Crippen LogP contribution < -0.4 is 9.64 Å². The van der Waals surface area contributed by atoms with E-state index in [-0.39, 0.29) is 17.1 Å². The third-order valence-corrected chi connectivity index (χ3v) is 5.42. The van der Waals surface area contributed by atoms with Gasteiger partial charge in [-0.2, -0.15) is 0 Å². The molecule has 1 N–H and O–H groups in total. The lowest BCUT2D eigenvalue weighted by Gasteiger charge is -2.32. The fraction of sp³-hybridized carbons (Fsp3) is 0.296. The highest BCUT2D eigenvalue weighted by Gasteiger charge is 2.29. The van der Waals surface area contributed by atoms with Crippen LogP contribution in [0.3, 0.4) is 0 Å².